The lowest BCUT2D eigenvalue weighted by molar-refractivity contribution is -0.137. The monoisotopic (exact) mass is 343 g/mol. The Morgan fingerprint density at radius 1 is 1.43 bits per heavy atom. The van der Waals surface area contributed by atoms with Crippen LogP contribution in [0.15, 0.2) is 29.2 Å². The number of halogens is 1. The second-order valence-corrected chi connectivity index (χ2v) is 8.22. The number of benzene rings is 1. The summed E-state index contributed by atoms with van der Waals surface area (Å²) in [6.45, 7) is 1.80. The van der Waals surface area contributed by atoms with Crippen molar-refractivity contribution in [1.82, 2.24) is 4.31 Å². The van der Waals surface area contributed by atoms with Crippen LogP contribution in [0.2, 0.25) is 0 Å². The quantitative estimate of drug-likeness (QED) is 0.839. The fourth-order valence-electron chi connectivity index (χ4n) is 3.75. The van der Waals surface area contributed by atoms with Gasteiger partial charge in [-0.25, -0.2) is 12.8 Å². The zero-order valence-corrected chi connectivity index (χ0v) is 14.0. The Morgan fingerprint density at radius 3 is 2.96 bits per heavy atom. The summed E-state index contributed by atoms with van der Waals surface area (Å²) in [4.78, 5) is -0.261. The Hall–Kier alpha value is -1.02. The number of nitrogens with zero attached hydrogens (tertiary/aromatic N) is 1. The Morgan fingerprint density at radius 2 is 2.22 bits per heavy atom. The molecule has 2 atom stereocenters. The van der Waals surface area contributed by atoms with E-state index in [0.717, 1.165) is 12.8 Å². The maximum absolute atomic E-state index is 14.0. The van der Waals surface area contributed by atoms with Gasteiger partial charge in [0.1, 0.15) is 10.7 Å². The Bertz CT molecular complexity index is 662. The molecular formula is C16H22FNO4S. The van der Waals surface area contributed by atoms with E-state index in [1.54, 1.807) is 7.11 Å². The molecule has 3 rings (SSSR count). The van der Waals surface area contributed by atoms with Gasteiger partial charge < -0.3 is 9.47 Å². The van der Waals surface area contributed by atoms with E-state index in [2.05, 4.69) is 0 Å². The molecule has 2 aliphatic rings. The van der Waals surface area contributed by atoms with Crippen LogP contribution in [0, 0.1) is 11.2 Å². The number of hydrogen-bond donors (Lipinski definition) is 0. The molecule has 0 radical (unpaired) electrons. The van der Waals surface area contributed by atoms with Crippen LogP contribution in [-0.4, -0.2) is 52.2 Å². The molecule has 128 valence electrons. The number of piperidine rings is 1. The van der Waals surface area contributed by atoms with E-state index in [0.29, 0.717) is 32.7 Å². The molecule has 1 aromatic carbocycles. The van der Waals surface area contributed by atoms with Gasteiger partial charge in [-0.15, -0.1) is 0 Å². The van der Waals surface area contributed by atoms with E-state index in [1.165, 1.54) is 28.6 Å². The topological polar surface area (TPSA) is 55.8 Å². The highest BCUT2D eigenvalue weighted by atomic mass is 32.2. The van der Waals surface area contributed by atoms with E-state index in [4.69, 9.17) is 9.47 Å². The van der Waals surface area contributed by atoms with Crippen molar-refractivity contribution in [3.05, 3.63) is 30.1 Å². The minimum absolute atomic E-state index is 0.00303. The molecular weight excluding hydrogens is 321 g/mol. The van der Waals surface area contributed by atoms with Crippen LogP contribution >= 0.6 is 0 Å². The molecule has 0 amide bonds. The molecule has 0 aromatic heterocycles. The van der Waals surface area contributed by atoms with E-state index in [9.17, 15) is 12.8 Å². The molecule has 2 heterocycles. The molecule has 0 saturated carbocycles. The molecule has 0 bridgehead atoms. The second-order valence-electron chi connectivity index (χ2n) is 6.32. The van der Waals surface area contributed by atoms with Crippen LogP contribution in [-0.2, 0) is 19.5 Å². The fraction of sp³-hybridized carbons (Fsp3) is 0.625. The molecule has 2 saturated heterocycles. The molecule has 0 aliphatic carbocycles. The van der Waals surface area contributed by atoms with Gasteiger partial charge in [-0.3, -0.25) is 0 Å². The van der Waals surface area contributed by atoms with E-state index in [1.807, 2.05) is 0 Å². The molecule has 1 aromatic rings. The molecule has 0 spiro atoms. The summed E-state index contributed by atoms with van der Waals surface area (Å²) in [6.07, 6.45) is 2.35. The summed E-state index contributed by atoms with van der Waals surface area (Å²) in [5.74, 6) is -0.713. The van der Waals surface area contributed by atoms with Gasteiger partial charge >= 0.3 is 0 Å². The van der Waals surface area contributed by atoms with Crippen LogP contribution in [0.1, 0.15) is 19.3 Å². The second kappa shape index (κ2) is 6.47. The number of ether oxygens (including phenoxy) is 2. The van der Waals surface area contributed by atoms with Crippen molar-refractivity contribution in [3.63, 3.8) is 0 Å². The van der Waals surface area contributed by atoms with Crippen molar-refractivity contribution in [2.45, 2.75) is 30.3 Å². The Labute approximate surface area is 136 Å². The summed E-state index contributed by atoms with van der Waals surface area (Å²) in [5.41, 5.74) is -0.344. The first-order chi connectivity index (χ1) is 11.0. The molecule has 5 nitrogen and oxygen atoms in total. The normalized spacial score (nSPS) is 29.2. The van der Waals surface area contributed by atoms with Crippen molar-refractivity contribution in [2.24, 2.45) is 5.41 Å². The lowest BCUT2D eigenvalue weighted by atomic mass is 9.73. The van der Waals surface area contributed by atoms with Crippen molar-refractivity contribution in [2.75, 3.05) is 33.4 Å². The number of methoxy groups -OCH3 is 1. The average Bonchev–Trinajstić information content (AvgIpc) is 2.54. The SMILES string of the molecule is COCC12CCCOC1CCN(S(=O)(=O)c1ccccc1F)C2. The number of rotatable bonds is 4. The van der Waals surface area contributed by atoms with Crippen LogP contribution in [0.4, 0.5) is 4.39 Å². The van der Waals surface area contributed by atoms with Gasteiger partial charge in [0.05, 0.1) is 12.7 Å². The van der Waals surface area contributed by atoms with Gasteiger partial charge in [-0.1, -0.05) is 12.1 Å². The Balaban J connectivity index is 1.91. The minimum atomic E-state index is -3.85. The summed E-state index contributed by atoms with van der Waals surface area (Å²) >= 11 is 0. The van der Waals surface area contributed by atoms with Crippen LogP contribution < -0.4 is 0 Å². The predicted octanol–water partition coefficient (Wildman–Crippen LogP) is 2.03. The van der Waals surface area contributed by atoms with Crippen LogP contribution in [0.25, 0.3) is 0 Å². The van der Waals surface area contributed by atoms with Gasteiger partial charge in [-0.2, -0.15) is 4.31 Å². The lowest BCUT2D eigenvalue weighted by Gasteiger charge is -2.49. The number of fused-ring (bicyclic) bond motifs is 1. The summed E-state index contributed by atoms with van der Waals surface area (Å²) in [5, 5.41) is 0. The zero-order valence-electron chi connectivity index (χ0n) is 13.2. The summed E-state index contributed by atoms with van der Waals surface area (Å²) in [7, 11) is -2.24. The van der Waals surface area contributed by atoms with Crippen LogP contribution in [0.3, 0.4) is 0 Å². The third kappa shape index (κ3) is 3.03. The van der Waals surface area contributed by atoms with Gasteiger partial charge in [0, 0.05) is 32.2 Å². The molecule has 2 unspecified atom stereocenters. The van der Waals surface area contributed by atoms with Gasteiger partial charge in [0.15, 0.2) is 0 Å². The van der Waals surface area contributed by atoms with Crippen molar-refractivity contribution < 1.29 is 22.3 Å². The summed E-state index contributed by atoms with van der Waals surface area (Å²) < 4.78 is 52.2. The van der Waals surface area contributed by atoms with Crippen molar-refractivity contribution in [1.29, 1.82) is 0 Å². The molecule has 2 fully saturated rings. The van der Waals surface area contributed by atoms with E-state index in [-0.39, 0.29) is 16.4 Å². The number of hydrogen-bond acceptors (Lipinski definition) is 4. The third-order valence-electron chi connectivity index (χ3n) is 4.84. The van der Waals surface area contributed by atoms with Gasteiger partial charge in [0.2, 0.25) is 10.0 Å². The van der Waals surface area contributed by atoms with Crippen molar-refractivity contribution >= 4 is 10.0 Å². The van der Waals surface area contributed by atoms with Gasteiger partial charge in [-0.05, 0) is 31.4 Å². The predicted molar refractivity (Wildman–Crippen MR) is 83.1 cm³/mol. The van der Waals surface area contributed by atoms with Crippen LogP contribution in [0.5, 0.6) is 0 Å². The van der Waals surface area contributed by atoms with E-state index >= 15 is 0 Å². The molecule has 7 heteroatoms. The number of sulfonamides is 1. The molecule has 23 heavy (non-hydrogen) atoms. The maximum Gasteiger partial charge on any atom is 0.246 e. The first-order valence-corrected chi connectivity index (χ1v) is 9.29. The Kier molecular flexibility index (Phi) is 4.73. The smallest absolute Gasteiger partial charge is 0.246 e. The first-order valence-electron chi connectivity index (χ1n) is 7.85. The maximum atomic E-state index is 14.0. The highest BCUT2D eigenvalue weighted by Gasteiger charge is 2.48. The largest absolute Gasteiger partial charge is 0.384 e. The summed E-state index contributed by atoms with van der Waals surface area (Å²) in [6, 6.07) is 5.52. The fourth-order valence-corrected chi connectivity index (χ4v) is 5.36. The van der Waals surface area contributed by atoms with E-state index < -0.39 is 15.8 Å². The first kappa shape index (κ1) is 16.8. The average molecular weight is 343 g/mol. The van der Waals surface area contributed by atoms with Gasteiger partial charge in [0.25, 0.3) is 0 Å². The lowest BCUT2D eigenvalue weighted by Crippen LogP contribution is -2.57. The third-order valence-corrected chi connectivity index (χ3v) is 6.72. The molecule has 2 aliphatic heterocycles. The zero-order chi connectivity index (χ0) is 16.5. The minimum Gasteiger partial charge on any atom is -0.384 e. The highest BCUT2D eigenvalue weighted by molar-refractivity contribution is 7.89. The highest BCUT2D eigenvalue weighted by Crippen LogP contribution is 2.41. The van der Waals surface area contributed by atoms with Crippen molar-refractivity contribution in [3.8, 4) is 0 Å². The standard InChI is InChI=1S/C16H22FNO4S/c1-21-12-16-8-4-10-22-15(16)7-9-18(11-16)23(19,20)14-6-3-2-5-13(14)17/h2-3,5-6,15H,4,7-12H2,1H3. The molecule has 0 N–H and O–H groups in total.